The Hall–Kier alpha value is -3.66. The molecule has 0 bridgehead atoms. The van der Waals surface area contributed by atoms with Crippen molar-refractivity contribution in [3.8, 4) is 11.1 Å². The lowest BCUT2D eigenvalue weighted by molar-refractivity contribution is 0.00578. The van der Waals surface area contributed by atoms with Crippen LogP contribution < -0.4 is 5.46 Å². The molecule has 194 valence electrons. The molecule has 5 aromatic carbocycles. The third-order valence-corrected chi connectivity index (χ3v) is 8.56. The summed E-state index contributed by atoms with van der Waals surface area (Å²) in [5.41, 5.74) is 6.82. The molecule has 0 aliphatic carbocycles. The maximum absolute atomic E-state index is 6.28. The second-order valence-electron chi connectivity index (χ2n) is 11.6. The van der Waals surface area contributed by atoms with Gasteiger partial charge in [-0.15, -0.1) is 0 Å². The smallest absolute Gasteiger partial charge is 0.399 e. The van der Waals surface area contributed by atoms with E-state index in [1.807, 2.05) is 0 Å². The van der Waals surface area contributed by atoms with Gasteiger partial charge in [-0.1, -0.05) is 121 Å². The average Bonchev–Trinajstić information content (AvgIpc) is 3.18. The van der Waals surface area contributed by atoms with Crippen LogP contribution in [-0.4, -0.2) is 18.3 Å². The molecule has 5 aromatic rings. The lowest BCUT2D eigenvalue weighted by atomic mass is 9.77. The molecule has 0 radical (unpaired) electrons. The molecule has 0 spiro atoms. The van der Waals surface area contributed by atoms with E-state index in [1.54, 1.807) is 0 Å². The predicted octanol–water partition coefficient (Wildman–Crippen LogP) is 8.18. The first-order valence-corrected chi connectivity index (χ1v) is 13.9. The fraction of sp³-hybridized carbons (Fsp3) is 0.222. The molecule has 6 rings (SSSR count). The highest BCUT2D eigenvalue weighted by Gasteiger charge is 2.51. The molecule has 0 amide bonds. The van der Waals surface area contributed by atoms with Crippen molar-refractivity contribution in [3.05, 3.63) is 138 Å². The SMILES string of the molecule is CC1(C)OB(c2ccc(CC(c3ccc(-c4ccccc4)cc3)c3cccc4ccccc34)cc2)OC1(C)C. The summed E-state index contributed by atoms with van der Waals surface area (Å²) in [6.45, 7) is 8.39. The zero-order chi connectivity index (χ0) is 27.0. The molecule has 1 aliphatic heterocycles. The Kier molecular flexibility index (Phi) is 6.66. The molecule has 2 nitrogen and oxygen atoms in total. The highest BCUT2D eigenvalue weighted by Crippen LogP contribution is 2.37. The summed E-state index contributed by atoms with van der Waals surface area (Å²) in [5.74, 6) is 0.226. The van der Waals surface area contributed by atoms with Crippen LogP contribution in [0.1, 0.15) is 50.3 Å². The molecule has 1 fully saturated rings. The van der Waals surface area contributed by atoms with Crippen LogP contribution in [0.15, 0.2) is 121 Å². The fourth-order valence-electron chi connectivity index (χ4n) is 5.53. The topological polar surface area (TPSA) is 18.5 Å². The van der Waals surface area contributed by atoms with Gasteiger partial charge >= 0.3 is 7.12 Å². The molecule has 1 atom stereocenters. The Morgan fingerprint density at radius 2 is 1.18 bits per heavy atom. The molecule has 1 unspecified atom stereocenters. The van der Waals surface area contributed by atoms with Gasteiger partial charge in [-0.2, -0.15) is 0 Å². The number of benzene rings is 5. The zero-order valence-corrected chi connectivity index (χ0v) is 23.2. The first kappa shape index (κ1) is 25.6. The van der Waals surface area contributed by atoms with Gasteiger partial charge in [-0.05, 0) is 78.2 Å². The first-order chi connectivity index (χ1) is 18.8. The summed E-state index contributed by atoms with van der Waals surface area (Å²) in [6.07, 6.45) is 0.905. The van der Waals surface area contributed by atoms with Gasteiger partial charge < -0.3 is 9.31 Å². The van der Waals surface area contributed by atoms with E-state index in [2.05, 4.69) is 149 Å². The van der Waals surface area contributed by atoms with E-state index in [-0.39, 0.29) is 24.2 Å². The van der Waals surface area contributed by atoms with Crippen LogP contribution in [0.2, 0.25) is 0 Å². The highest BCUT2D eigenvalue weighted by molar-refractivity contribution is 6.62. The quantitative estimate of drug-likeness (QED) is 0.215. The van der Waals surface area contributed by atoms with Gasteiger partial charge in [0.05, 0.1) is 11.2 Å². The van der Waals surface area contributed by atoms with E-state index in [0.29, 0.717) is 0 Å². The summed E-state index contributed by atoms with van der Waals surface area (Å²) < 4.78 is 12.6. The zero-order valence-electron chi connectivity index (χ0n) is 23.2. The molecule has 39 heavy (non-hydrogen) atoms. The van der Waals surface area contributed by atoms with Crippen molar-refractivity contribution in [3.63, 3.8) is 0 Å². The molecule has 1 saturated heterocycles. The van der Waals surface area contributed by atoms with Crippen LogP contribution in [0.25, 0.3) is 21.9 Å². The summed E-state index contributed by atoms with van der Waals surface area (Å²) in [7, 11) is -0.344. The highest BCUT2D eigenvalue weighted by atomic mass is 16.7. The van der Waals surface area contributed by atoms with Crippen molar-refractivity contribution >= 4 is 23.4 Å². The van der Waals surface area contributed by atoms with Crippen molar-refractivity contribution in [2.24, 2.45) is 0 Å². The predicted molar refractivity (Wildman–Crippen MR) is 164 cm³/mol. The number of rotatable bonds is 6. The molecular weight excluding hydrogens is 475 g/mol. The second-order valence-corrected chi connectivity index (χ2v) is 11.6. The molecule has 0 N–H and O–H groups in total. The Labute approximate surface area is 232 Å². The Morgan fingerprint density at radius 1 is 0.590 bits per heavy atom. The van der Waals surface area contributed by atoms with Crippen molar-refractivity contribution < 1.29 is 9.31 Å². The number of hydrogen-bond acceptors (Lipinski definition) is 2. The van der Waals surface area contributed by atoms with Crippen molar-refractivity contribution in [2.45, 2.75) is 51.2 Å². The van der Waals surface area contributed by atoms with Crippen LogP contribution in [0.5, 0.6) is 0 Å². The van der Waals surface area contributed by atoms with Crippen molar-refractivity contribution in [2.75, 3.05) is 0 Å². The van der Waals surface area contributed by atoms with Crippen LogP contribution in [0, 0.1) is 0 Å². The lowest BCUT2D eigenvalue weighted by Gasteiger charge is -2.32. The maximum Gasteiger partial charge on any atom is 0.494 e. The molecule has 0 saturated carbocycles. The minimum absolute atomic E-state index is 0.226. The van der Waals surface area contributed by atoms with Gasteiger partial charge in [0.1, 0.15) is 0 Å². The third-order valence-electron chi connectivity index (χ3n) is 8.56. The monoisotopic (exact) mass is 510 g/mol. The molecule has 3 heteroatoms. The first-order valence-electron chi connectivity index (χ1n) is 13.9. The van der Waals surface area contributed by atoms with Gasteiger partial charge in [0.25, 0.3) is 0 Å². The molecule has 0 aromatic heterocycles. The van der Waals surface area contributed by atoms with E-state index in [1.165, 1.54) is 38.6 Å². The number of fused-ring (bicyclic) bond motifs is 1. The largest absolute Gasteiger partial charge is 0.494 e. The average molecular weight is 510 g/mol. The van der Waals surface area contributed by atoms with Crippen molar-refractivity contribution in [1.29, 1.82) is 0 Å². The third kappa shape index (κ3) is 5.05. The van der Waals surface area contributed by atoms with Gasteiger partial charge in [0.2, 0.25) is 0 Å². The second kappa shape index (κ2) is 10.1. The standard InChI is InChI=1S/C36H35BO2/c1-35(2)36(3,4)39-37(38-35)31-23-17-26(18-24-31)25-34(33-16-10-14-29-13-8-9-15-32(29)33)30-21-19-28(20-22-30)27-11-6-5-7-12-27/h5-24,34H,25H2,1-4H3. The van der Waals surface area contributed by atoms with Gasteiger partial charge in [0, 0.05) is 5.92 Å². The summed E-state index contributed by atoms with van der Waals surface area (Å²) in [4.78, 5) is 0. The van der Waals surface area contributed by atoms with E-state index in [4.69, 9.17) is 9.31 Å². The minimum Gasteiger partial charge on any atom is -0.399 e. The summed E-state index contributed by atoms with van der Waals surface area (Å²) in [6, 6.07) is 43.9. The fourth-order valence-corrected chi connectivity index (χ4v) is 5.53. The van der Waals surface area contributed by atoms with E-state index >= 15 is 0 Å². The number of hydrogen-bond donors (Lipinski definition) is 0. The van der Waals surface area contributed by atoms with Gasteiger partial charge in [-0.3, -0.25) is 0 Å². The molecule has 1 heterocycles. The normalized spacial score (nSPS) is 16.9. The van der Waals surface area contributed by atoms with E-state index in [0.717, 1.165) is 11.9 Å². The van der Waals surface area contributed by atoms with E-state index < -0.39 is 0 Å². The van der Waals surface area contributed by atoms with Crippen LogP contribution >= 0.6 is 0 Å². The van der Waals surface area contributed by atoms with Crippen LogP contribution in [0.3, 0.4) is 0 Å². The summed E-state index contributed by atoms with van der Waals surface area (Å²) in [5, 5.41) is 2.59. The maximum atomic E-state index is 6.28. The van der Waals surface area contributed by atoms with Gasteiger partial charge in [0.15, 0.2) is 0 Å². The van der Waals surface area contributed by atoms with Crippen LogP contribution in [0.4, 0.5) is 0 Å². The lowest BCUT2D eigenvalue weighted by Crippen LogP contribution is -2.41. The Morgan fingerprint density at radius 3 is 1.87 bits per heavy atom. The van der Waals surface area contributed by atoms with Gasteiger partial charge in [-0.25, -0.2) is 0 Å². The van der Waals surface area contributed by atoms with Crippen molar-refractivity contribution in [1.82, 2.24) is 0 Å². The van der Waals surface area contributed by atoms with Crippen LogP contribution in [-0.2, 0) is 15.7 Å². The van der Waals surface area contributed by atoms with E-state index in [9.17, 15) is 0 Å². The molecule has 1 aliphatic rings. The Bertz CT molecular complexity index is 1550. The minimum atomic E-state index is -0.346. The Balaban J connectivity index is 1.33. The molecular formula is C36H35BO2. The summed E-state index contributed by atoms with van der Waals surface area (Å²) >= 11 is 0.